The molecule has 0 amide bonds. The van der Waals surface area contributed by atoms with E-state index in [4.69, 9.17) is 16.0 Å². The smallest absolute Gasteiger partial charge is 0.214 e. The number of rotatable bonds is 8. The molecule has 0 aliphatic rings. The van der Waals surface area contributed by atoms with Crippen LogP contribution in [0.4, 0.5) is 0 Å². The number of nitrogens with zero attached hydrogens (tertiary/aromatic N) is 1. The lowest BCUT2D eigenvalue weighted by molar-refractivity contribution is 0.314. The Morgan fingerprint density at radius 2 is 2.00 bits per heavy atom. The number of halogens is 1. The van der Waals surface area contributed by atoms with Gasteiger partial charge in [0.2, 0.25) is 10.0 Å². The van der Waals surface area contributed by atoms with Gasteiger partial charge in [0.05, 0.1) is 12.3 Å². The maximum Gasteiger partial charge on any atom is 0.214 e. The molecule has 0 atom stereocenters. The normalized spacial score (nSPS) is 12.5. The van der Waals surface area contributed by atoms with Crippen molar-refractivity contribution in [2.45, 2.75) is 46.2 Å². The summed E-state index contributed by atoms with van der Waals surface area (Å²) in [4.78, 5) is 0. The van der Waals surface area contributed by atoms with E-state index in [1.54, 1.807) is 0 Å². The topological polar surface area (TPSA) is 50.5 Å². The van der Waals surface area contributed by atoms with Crippen LogP contribution in [0.1, 0.15) is 38.2 Å². The largest absolute Gasteiger partial charge is 0.465 e. The molecule has 1 rings (SSSR count). The fraction of sp³-hybridized carbons (Fsp3) is 0.692. The number of furan rings is 1. The average molecular weight is 308 g/mol. The molecule has 0 saturated carbocycles. The molecule has 0 N–H and O–H groups in total. The van der Waals surface area contributed by atoms with Crippen molar-refractivity contribution in [3.05, 3.63) is 23.7 Å². The van der Waals surface area contributed by atoms with Crippen LogP contribution in [-0.4, -0.2) is 30.4 Å². The van der Waals surface area contributed by atoms with Gasteiger partial charge in [0.15, 0.2) is 0 Å². The van der Waals surface area contributed by atoms with Gasteiger partial charge in [-0.3, -0.25) is 0 Å². The summed E-state index contributed by atoms with van der Waals surface area (Å²) >= 11 is 5.58. The Kier molecular flexibility index (Phi) is 6.36. The second kappa shape index (κ2) is 7.31. The SMILES string of the molecule is Cc1ccc(CN(C(C)C)S(=O)(=O)CCCCCl)o1. The summed E-state index contributed by atoms with van der Waals surface area (Å²) in [5.41, 5.74) is 0. The second-order valence-electron chi connectivity index (χ2n) is 4.86. The van der Waals surface area contributed by atoms with Crippen molar-refractivity contribution in [3.63, 3.8) is 0 Å². The summed E-state index contributed by atoms with van der Waals surface area (Å²) in [5, 5.41) is 0. The molecule has 0 fully saturated rings. The molecular formula is C13H22ClNO3S. The fourth-order valence-electron chi connectivity index (χ4n) is 1.82. The Morgan fingerprint density at radius 3 is 2.47 bits per heavy atom. The zero-order valence-electron chi connectivity index (χ0n) is 11.7. The molecule has 6 heteroatoms. The number of aryl methyl sites for hydroxylation is 1. The van der Waals surface area contributed by atoms with E-state index in [1.165, 1.54) is 4.31 Å². The first-order valence-electron chi connectivity index (χ1n) is 6.47. The van der Waals surface area contributed by atoms with E-state index in [9.17, 15) is 8.42 Å². The molecule has 110 valence electrons. The van der Waals surface area contributed by atoms with Gasteiger partial charge in [-0.25, -0.2) is 8.42 Å². The standard InChI is InChI=1S/C13H22ClNO3S/c1-11(2)15(10-13-7-6-12(3)18-13)19(16,17)9-5-4-8-14/h6-7,11H,4-5,8-10H2,1-3H3. The predicted molar refractivity (Wildman–Crippen MR) is 77.9 cm³/mol. The third-order valence-electron chi connectivity index (χ3n) is 2.83. The minimum Gasteiger partial charge on any atom is -0.465 e. The first-order valence-corrected chi connectivity index (χ1v) is 8.62. The molecule has 1 aromatic heterocycles. The highest BCUT2D eigenvalue weighted by molar-refractivity contribution is 7.89. The van der Waals surface area contributed by atoms with E-state index in [-0.39, 0.29) is 18.3 Å². The highest BCUT2D eigenvalue weighted by atomic mass is 35.5. The molecule has 0 unspecified atom stereocenters. The summed E-state index contributed by atoms with van der Waals surface area (Å²) in [5.74, 6) is 2.09. The van der Waals surface area contributed by atoms with Crippen molar-refractivity contribution in [3.8, 4) is 0 Å². The summed E-state index contributed by atoms with van der Waals surface area (Å²) in [6.45, 7) is 5.87. The second-order valence-corrected chi connectivity index (χ2v) is 7.28. The summed E-state index contributed by atoms with van der Waals surface area (Å²) in [6, 6.07) is 3.57. The highest BCUT2D eigenvalue weighted by Gasteiger charge is 2.25. The van der Waals surface area contributed by atoms with Gasteiger partial charge >= 0.3 is 0 Å². The molecule has 0 saturated heterocycles. The molecule has 0 spiro atoms. The van der Waals surface area contributed by atoms with Gasteiger partial charge in [-0.2, -0.15) is 4.31 Å². The van der Waals surface area contributed by atoms with E-state index in [2.05, 4.69) is 0 Å². The van der Waals surface area contributed by atoms with Gasteiger partial charge in [-0.1, -0.05) is 0 Å². The summed E-state index contributed by atoms with van der Waals surface area (Å²) < 4.78 is 31.5. The minimum absolute atomic E-state index is 0.0913. The van der Waals surface area contributed by atoms with E-state index in [0.717, 1.165) is 5.76 Å². The van der Waals surface area contributed by atoms with E-state index >= 15 is 0 Å². The molecular weight excluding hydrogens is 286 g/mol. The van der Waals surface area contributed by atoms with Crippen LogP contribution >= 0.6 is 11.6 Å². The summed E-state index contributed by atoms with van der Waals surface area (Å²) in [7, 11) is -3.27. The fourth-order valence-corrected chi connectivity index (χ4v) is 3.78. The molecule has 0 aliphatic carbocycles. The minimum atomic E-state index is -3.27. The van der Waals surface area contributed by atoms with Crippen LogP contribution < -0.4 is 0 Å². The molecule has 1 aromatic rings. The number of hydrogen-bond donors (Lipinski definition) is 0. The van der Waals surface area contributed by atoms with Gasteiger partial charge < -0.3 is 4.42 Å². The Bertz CT molecular complexity index is 482. The maximum absolute atomic E-state index is 12.3. The number of sulfonamides is 1. The number of unbranched alkanes of at least 4 members (excludes halogenated alkanes) is 1. The lowest BCUT2D eigenvalue weighted by atomic mass is 10.3. The molecule has 1 heterocycles. The summed E-state index contributed by atoms with van der Waals surface area (Å²) in [6.07, 6.45) is 1.30. The number of alkyl halides is 1. The number of hydrogen-bond acceptors (Lipinski definition) is 3. The third-order valence-corrected chi connectivity index (χ3v) is 5.16. The zero-order valence-corrected chi connectivity index (χ0v) is 13.3. The van der Waals surface area contributed by atoms with Crippen molar-refractivity contribution in [1.82, 2.24) is 4.31 Å². The van der Waals surface area contributed by atoms with Crippen LogP contribution in [0.15, 0.2) is 16.5 Å². The average Bonchev–Trinajstić information content (AvgIpc) is 2.71. The first kappa shape index (κ1) is 16.5. The van der Waals surface area contributed by atoms with Crippen LogP contribution in [0.5, 0.6) is 0 Å². The van der Waals surface area contributed by atoms with Gasteiger partial charge in [-0.15, -0.1) is 11.6 Å². The van der Waals surface area contributed by atoms with Crippen LogP contribution in [0.2, 0.25) is 0 Å². The lowest BCUT2D eigenvalue weighted by Gasteiger charge is -2.25. The molecule has 19 heavy (non-hydrogen) atoms. The lowest BCUT2D eigenvalue weighted by Crippen LogP contribution is -2.37. The van der Waals surface area contributed by atoms with Crippen molar-refractivity contribution in [2.75, 3.05) is 11.6 Å². The maximum atomic E-state index is 12.3. The van der Waals surface area contributed by atoms with Crippen LogP contribution in [0, 0.1) is 6.92 Å². The first-order chi connectivity index (χ1) is 8.86. The van der Waals surface area contributed by atoms with E-state index < -0.39 is 10.0 Å². The Hall–Kier alpha value is -0.520. The van der Waals surface area contributed by atoms with Gasteiger partial charge in [0.25, 0.3) is 0 Å². The molecule has 4 nitrogen and oxygen atoms in total. The van der Waals surface area contributed by atoms with Crippen LogP contribution in [0.25, 0.3) is 0 Å². The quantitative estimate of drug-likeness (QED) is 0.547. The molecule has 0 bridgehead atoms. The zero-order chi connectivity index (χ0) is 14.5. The Morgan fingerprint density at radius 1 is 1.32 bits per heavy atom. The van der Waals surface area contributed by atoms with Crippen molar-refractivity contribution >= 4 is 21.6 Å². The van der Waals surface area contributed by atoms with Crippen molar-refractivity contribution in [2.24, 2.45) is 0 Å². The van der Waals surface area contributed by atoms with Gasteiger partial charge in [0.1, 0.15) is 11.5 Å². The Balaban J connectivity index is 2.76. The van der Waals surface area contributed by atoms with Crippen LogP contribution in [0.3, 0.4) is 0 Å². The van der Waals surface area contributed by atoms with E-state index in [0.29, 0.717) is 24.5 Å². The molecule has 0 radical (unpaired) electrons. The van der Waals surface area contributed by atoms with E-state index in [1.807, 2.05) is 32.9 Å². The predicted octanol–water partition coefficient (Wildman–Crippen LogP) is 3.15. The monoisotopic (exact) mass is 307 g/mol. The Labute approximate surface area is 120 Å². The molecule has 0 aliphatic heterocycles. The third kappa shape index (κ3) is 5.16. The molecule has 0 aromatic carbocycles. The van der Waals surface area contributed by atoms with Crippen molar-refractivity contribution in [1.29, 1.82) is 0 Å². The van der Waals surface area contributed by atoms with Gasteiger partial charge in [0, 0.05) is 11.9 Å². The van der Waals surface area contributed by atoms with Crippen molar-refractivity contribution < 1.29 is 12.8 Å². The van der Waals surface area contributed by atoms with Crippen LogP contribution in [-0.2, 0) is 16.6 Å². The van der Waals surface area contributed by atoms with Gasteiger partial charge in [-0.05, 0) is 45.7 Å². The highest BCUT2D eigenvalue weighted by Crippen LogP contribution is 2.17.